The van der Waals surface area contributed by atoms with Gasteiger partial charge in [0.2, 0.25) is 11.7 Å². The summed E-state index contributed by atoms with van der Waals surface area (Å²) in [5, 5.41) is 14.5. The van der Waals surface area contributed by atoms with Crippen LogP contribution in [-0.4, -0.2) is 20.6 Å². The molecule has 1 aromatic carbocycles. The number of hydrogen-bond acceptors (Lipinski definition) is 6. The van der Waals surface area contributed by atoms with Gasteiger partial charge < -0.3 is 10.3 Å². The number of non-ortho nitro benzene ring substituents is 1. The molecule has 2 N–H and O–H groups in total. The standard InChI is InChI=1S/C13H14N4O3/c14-13(6-1-7-13)8-11-15-12(16-20-11)9-2-4-10(5-3-9)17(18)19/h2-5H,1,6-8,14H2. The number of hydrogen-bond donors (Lipinski definition) is 1. The van der Waals surface area contributed by atoms with Gasteiger partial charge in [-0.1, -0.05) is 5.16 Å². The molecule has 1 aliphatic rings. The normalized spacial score (nSPS) is 16.6. The minimum Gasteiger partial charge on any atom is -0.339 e. The van der Waals surface area contributed by atoms with Gasteiger partial charge in [-0.15, -0.1) is 0 Å². The van der Waals surface area contributed by atoms with Gasteiger partial charge in [-0.25, -0.2) is 0 Å². The number of aromatic nitrogens is 2. The minimum atomic E-state index is -0.444. The molecule has 0 amide bonds. The van der Waals surface area contributed by atoms with Gasteiger partial charge in [0.15, 0.2) is 0 Å². The molecule has 0 spiro atoms. The topological polar surface area (TPSA) is 108 Å². The van der Waals surface area contributed by atoms with Gasteiger partial charge in [-0.3, -0.25) is 10.1 Å². The maximum atomic E-state index is 10.6. The Morgan fingerprint density at radius 1 is 1.35 bits per heavy atom. The van der Waals surface area contributed by atoms with Crippen molar-refractivity contribution in [3.8, 4) is 11.4 Å². The molecule has 0 radical (unpaired) electrons. The third-order valence-electron chi connectivity index (χ3n) is 3.66. The number of nitrogens with two attached hydrogens (primary N) is 1. The Hall–Kier alpha value is -2.28. The molecule has 0 saturated heterocycles. The lowest BCUT2D eigenvalue weighted by Crippen LogP contribution is -2.48. The van der Waals surface area contributed by atoms with E-state index >= 15 is 0 Å². The third-order valence-corrected chi connectivity index (χ3v) is 3.66. The first kappa shape index (κ1) is 12.7. The predicted molar refractivity (Wildman–Crippen MR) is 70.9 cm³/mol. The predicted octanol–water partition coefficient (Wildman–Crippen LogP) is 2.07. The van der Waals surface area contributed by atoms with E-state index in [2.05, 4.69) is 10.1 Å². The van der Waals surface area contributed by atoms with Gasteiger partial charge in [0, 0.05) is 29.7 Å². The largest absolute Gasteiger partial charge is 0.339 e. The van der Waals surface area contributed by atoms with Crippen LogP contribution < -0.4 is 5.73 Å². The Morgan fingerprint density at radius 3 is 2.60 bits per heavy atom. The summed E-state index contributed by atoms with van der Waals surface area (Å²) in [7, 11) is 0. The first-order valence-corrected chi connectivity index (χ1v) is 6.42. The van der Waals surface area contributed by atoms with E-state index in [0.717, 1.165) is 19.3 Å². The van der Waals surface area contributed by atoms with E-state index in [0.29, 0.717) is 23.7 Å². The fraction of sp³-hybridized carbons (Fsp3) is 0.385. The molecule has 104 valence electrons. The summed E-state index contributed by atoms with van der Waals surface area (Å²) in [5.41, 5.74) is 6.64. The Labute approximate surface area is 114 Å². The number of benzene rings is 1. The van der Waals surface area contributed by atoms with Crippen LogP contribution in [-0.2, 0) is 6.42 Å². The van der Waals surface area contributed by atoms with Crippen molar-refractivity contribution in [3.63, 3.8) is 0 Å². The molecule has 1 saturated carbocycles. The summed E-state index contributed by atoms with van der Waals surface area (Å²) in [6.45, 7) is 0. The second kappa shape index (κ2) is 4.68. The van der Waals surface area contributed by atoms with Gasteiger partial charge in [-0.2, -0.15) is 4.98 Å². The van der Waals surface area contributed by atoms with Crippen molar-refractivity contribution in [1.29, 1.82) is 0 Å². The Morgan fingerprint density at radius 2 is 2.05 bits per heavy atom. The molecule has 1 fully saturated rings. The van der Waals surface area contributed by atoms with Gasteiger partial charge in [0.25, 0.3) is 5.69 Å². The first-order valence-electron chi connectivity index (χ1n) is 6.42. The monoisotopic (exact) mass is 274 g/mol. The molecule has 7 heteroatoms. The van der Waals surface area contributed by atoms with Crippen LogP contribution in [0.25, 0.3) is 11.4 Å². The molecular formula is C13H14N4O3. The highest BCUT2D eigenvalue weighted by Crippen LogP contribution is 2.32. The molecule has 20 heavy (non-hydrogen) atoms. The molecule has 0 bridgehead atoms. The van der Waals surface area contributed by atoms with Crippen LogP contribution in [0.1, 0.15) is 25.2 Å². The molecule has 1 heterocycles. The van der Waals surface area contributed by atoms with Crippen LogP contribution in [0.4, 0.5) is 5.69 Å². The quantitative estimate of drug-likeness (QED) is 0.675. The van der Waals surface area contributed by atoms with Crippen LogP contribution in [0.15, 0.2) is 28.8 Å². The Kier molecular flexibility index (Phi) is 2.98. The molecule has 0 atom stereocenters. The summed E-state index contributed by atoms with van der Waals surface area (Å²) in [4.78, 5) is 14.4. The van der Waals surface area contributed by atoms with Crippen LogP contribution in [0, 0.1) is 10.1 Å². The SMILES string of the molecule is NC1(Cc2nc(-c3ccc([N+](=O)[O-])cc3)no2)CCC1. The molecule has 0 aliphatic heterocycles. The molecule has 7 nitrogen and oxygen atoms in total. The molecule has 2 aromatic rings. The fourth-order valence-electron chi connectivity index (χ4n) is 2.28. The minimum absolute atomic E-state index is 0.0350. The maximum absolute atomic E-state index is 10.6. The highest BCUT2D eigenvalue weighted by Gasteiger charge is 2.34. The third kappa shape index (κ3) is 2.39. The van der Waals surface area contributed by atoms with Gasteiger partial charge in [0.1, 0.15) is 0 Å². The first-order chi connectivity index (χ1) is 9.56. The number of nitro benzene ring substituents is 1. The van der Waals surface area contributed by atoms with Crippen molar-refractivity contribution < 1.29 is 9.45 Å². The van der Waals surface area contributed by atoms with Crippen LogP contribution in [0.2, 0.25) is 0 Å². The van der Waals surface area contributed by atoms with E-state index in [1.165, 1.54) is 12.1 Å². The lowest BCUT2D eigenvalue weighted by atomic mass is 9.75. The van der Waals surface area contributed by atoms with E-state index in [1.807, 2.05) is 0 Å². The molecule has 0 unspecified atom stereocenters. The summed E-state index contributed by atoms with van der Waals surface area (Å²) < 4.78 is 5.19. The van der Waals surface area contributed by atoms with Gasteiger partial charge in [-0.05, 0) is 31.4 Å². The van der Waals surface area contributed by atoms with Crippen molar-refractivity contribution in [2.45, 2.75) is 31.2 Å². The highest BCUT2D eigenvalue weighted by molar-refractivity contribution is 5.56. The van der Waals surface area contributed by atoms with E-state index in [9.17, 15) is 10.1 Å². The van der Waals surface area contributed by atoms with E-state index in [4.69, 9.17) is 10.3 Å². The number of rotatable bonds is 4. The van der Waals surface area contributed by atoms with Crippen molar-refractivity contribution in [3.05, 3.63) is 40.3 Å². The second-order valence-electron chi connectivity index (χ2n) is 5.21. The second-order valence-corrected chi connectivity index (χ2v) is 5.21. The van der Waals surface area contributed by atoms with Crippen LogP contribution >= 0.6 is 0 Å². The molecular weight excluding hydrogens is 260 g/mol. The van der Waals surface area contributed by atoms with E-state index in [1.54, 1.807) is 12.1 Å². The average Bonchev–Trinajstić information content (AvgIpc) is 2.85. The van der Waals surface area contributed by atoms with Crippen molar-refractivity contribution >= 4 is 5.69 Å². The van der Waals surface area contributed by atoms with Crippen LogP contribution in [0.5, 0.6) is 0 Å². The smallest absolute Gasteiger partial charge is 0.269 e. The average molecular weight is 274 g/mol. The molecule has 1 aromatic heterocycles. The fourth-order valence-corrected chi connectivity index (χ4v) is 2.28. The van der Waals surface area contributed by atoms with Crippen molar-refractivity contribution in [2.75, 3.05) is 0 Å². The summed E-state index contributed by atoms with van der Waals surface area (Å²) in [6, 6.07) is 6.05. The Bertz CT molecular complexity index is 631. The van der Waals surface area contributed by atoms with E-state index < -0.39 is 4.92 Å². The van der Waals surface area contributed by atoms with Gasteiger partial charge >= 0.3 is 0 Å². The Balaban J connectivity index is 1.77. The van der Waals surface area contributed by atoms with Crippen molar-refractivity contribution in [1.82, 2.24) is 10.1 Å². The van der Waals surface area contributed by atoms with Crippen molar-refractivity contribution in [2.24, 2.45) is 5.73 Å². The number of nitro groups is 1. The van der Waals surface area contributed by atoms with Gasteiger partial charge in [0.05, 0.1) is 4.92 Å². The molecule has 3 rings (SSSR count). The van der Waals surface area contributed by atoms with E-state index in [-0.39, 0.29) is 11.2 Å². The van der Waals surface area contributed by atoms with Crippen LogP contribution in [0.3, 0.4) is 0 Å². The zero-order valence-corrected chi connectivity index (χ0v) is 10.8. The molecule has 1 aliphatic carbocycles. The number of nitrogens with zero attached hydrogens (tertiary/aromatic N) is 3. The maximum Gasteiger partial charge on any atom is 0.269 e. The highest BCUT2D eigenvalue weighted by atomic mass is 16.6. The summed E-state index contributed by atoms with van der Waals surface area (Å²) in [6.07, 6.45) is 3.66. The summed E-state index contributed by atoms with van der Waals surface area (Å²) in [5.74, 6) is 0.943. The lowest BCUT2D eigenvalue weighted by molar-refractivity contribution is -0.384. The zero-order chi connectivity index (χ0) is 14.2. The lowest BCUT2D eigenvalue weighted by Gasteiger charge is -2.36. The summed E-state index contributed by atoms with van der Waals surface area (Å²) >= 11 is 0. The zero-order valence-electron chi connectivity index (χ0n) is 10.8.